The second-order valence-corrected chi connectivity index (χ2v) is 5.48. The summed E-state index contributed by atoms with van der Waals surface area (Å²) in [5, 5.41) is 11.3. The quantitative estimate of drug-likeness (QED) is 0.709. The lowest BCUT2D eigenvalue weighted by Gasteiger charge is -2.09. The SMILES string of the molecule is C=Nc1cc(-c2n[nH]nc2-c2cc(OC)c3c(c2)OCO3)ccc1OC. The van der Waals surface area contributed by atoms with E-state index in [0.717, 1.165) is 11.1 Å². The van der Waals surface area contributed by atoms with Crippen LogP contribution in [-0.2, 0) is 0 Å². The Bertz CT molecular complexity index is 983. The Morgan fingerprint density at radius 1 is 1.00 bits per heavy atom. The standard InChI is InChI=1S/C18H16N4O4/c1-19-12-6-10(4-5-13(12)23-2)16-17(21-22-20-16)11-7-14(24-3)18-15(8-11)25-9-26-18/h4-8H,1,9H2,2-3H3,(H,20,21,22). The molecule has 0 aliphatic carbocycles. The molecule has 0 fully saturated rings. The third-order valence-corrected chi connectivity index (χ3v) is 4.10. The van der Waals surface area contributed by atoms with Crippen molar-refractivity contribution in [2.75, 3.05) is 21.0 Å². The van der Waals surface area contributed by atoms with E-state index in [1.54, 1.807) is 14.2 Å². The Morgan fingerprint density at radius 2 is 1.77 bits per heavy atom. The zero-order chi connectivity index (χ0) is 18.1. The molecule has 2 heterocycles. The molecular weight excluding hydrogens is 336 g/mol. The molecule has 0 saturated heterocycles. The van der Waals surface area contributed by atoms with Gasteiger partial charge in [-0.2, -0.15) is 15.4 Å². The topological polar surface area (TPSA) is 90.9 Å². The van der Waals surface area contributed by atoms with E-state index in [4.69, 9.17) is 18.9 Å². The minimum atomic E-state index is 0.160. The number of hydrogen-bond donors (Lipinski definition) is 1. The fraction of sp³-hybridized carbons (Fsp3) is 0.167. The van der Waals surface area contributed by atoms with Crippen LogP contribution in [0, 0.1) is 0 Å². The molecule has 0 bridgehead atoms. The summed E-state index contributed by atoms with van der Waals surface area (Å²) in [7, 11) is 3.17. The highest BCUT2D eigenvalue weighted by Gasteiger charge is 2.23. The van der Waals surface area contributed by atoms with Gasteiger partial charge in [-0.3, -0.25) is 4.99 Å². The fourth-order valence-electron chi connectivity index (χ4n) is 2.86. The number of H-pyrrole nitrogens is 1. The number of ether oxygens (including phenoxy) is 4. The van der Waals surface area contributed by atoms with Crippen LogP contribution in [-0.4, -0.2) is 43.1 Å². The molecule has 4 rings (SSSR count). The predicted molar refractivity (Wildman–Crippen MR) is 95.7 cm³/mol. The molecule has 0 saturated carbocycles. The molecule has 1 aliphatic rings. The van der Waals surface area contributed by atoms with Gasteiger partial charge in [0.05, 0.1) is 14.2 Å². The smallest absolute Gasteiger partial charge is 0.231 e. The first kappa shape index (κ1) is 15.9. The molecule has 8 nitrogen and oxygen atoms in total. The van der Waals surface area contributed by atoms with Gasteiger partial charge in [0.15, 0.2) is 11.5 Å². The molecule has 0 unspecified atom stereocenters. The van der Waals surface area contributed by atoms with Crippen molar-refractivity contribution in [2.24, 2.45) is 4.99 Å². The first-order chi connectivity index (χ1) is 12.7. The van der Waals surface area contributed by atoms with Gasteiger partial charge in [-0.05, 0) is 37.0 Å². The van der Waals surface area contributed by atoms with Crippen molar-refractivity contribution in [1.82, 2.24) is 15.4 Å². The molecular formula is C18H16N4O4. The number of aromatic nitrogens is 3. The zero-order valence-corrected chi connectivity index (χ0v) is 14.3. The first-order valence-electron chi connectivity index (χ1n) is 7.79. The maximum Gasteiger partial charge on any atom is 0.231 e. The Kier molecular flexibility index (Phi) is 3.92. The number of hydrogen-bond acceptors (Lipinski definition) is 7. The maximum atomic E-state index is 5.49. The molecule has 2 aromatic carbocycles. The molecule has 1 N–H and O–H groups in total. The minimum Gasteiger partial charge on any atom is -0.494 e. The summed E-state index contributed by atoms with van der Waals surface area (Å²) >= 11 is 0. The van der Waals surface area contributed by atoms with E-state index in [0.29, 0.717) is 40.1 Å². The van der Waals surface area contributed by atoms with E-state index in [2.05, 4.69) is 27.1 Å². The fourth-order valence-corrected chi connectivity index (χ4v) is 2.86. The number of nitrogens with one attached hydrogen (secondary N) is 1. The van der Waals surface area contributed by atoms with Crippen LogP contribution in [0.4, 0.5) is 5.69 Å². The van der Waals surface area contributed by atoms with Gasteiger partial charge in [0.25, 0.3) is 0 Å². The van der Waals surface area contributed by atoms with Gasteiger partial charge >= 0.3 is 0 Å². The van der Waals surface area contributed by atoms with Gasteiger partial charge in [-0.15, -0.1) is 0 Å². The van der Waals surface area contributed by atoms with Crippen LogP contribution >= 0.6 is 0 Å². The second kappa shape index (κ2) is 6.40. The van der Waals surface area contributed by atoms with Crippen LogP contribution in [0.3, 0.4) is 0 Å². The number of aliphatic imine (C=N–C) groups is 1. The number of aromatic amines is 1. The van der Waals surface area contributed by atoms with Crippen molar-refractivity contribution in [2.45, 2.75) is 0 Å². The highest BCUT2D eigenvalue weighted by Crippen LogP contribution is 2.45. The third kappa shape index (κ3) is 2.52. The number of methoxy groups -OCH3 is 2. The van der Waals surface area contributed by atoms with E-state index in [1.807, 2.05) is 30.3 Å². The zero-order valence-electron chi connectivity index (χ0n) is 14.3. The van der Waals surface area contributed by atoms with Gasteiger partial charge in [-0.25, -0.2) is 0 Å². The molecule has 1 aliphatic heterocycles. The number of nitrogens with zero attached hydrogens (tertiary/aromatic N) is 3. The molecule has 132 valence electrons. The summed E-state index contributed by atoms with van der Waals surface area (Å²) < 4.78 is 21.6. The monoisotopic (exact) mass is 352 g/mol. The van der Waals surface area contributed by atoms with Crippen LogP contribution in [0.25, 0.3) is 22.5 Å². The number of fused-ring (bicyclic) bond motifs is 1. The van der Waals surface area contributed by atoms with Crippen molar-refractivity contribution in [1.29, 1.82) is 0 Å². The second-order valence-electron chi connectivity index (χ2n) is 5.48. The summed E-state index contributed by atoms with van der Waals surface area (Å²) in [5.41, 5.74) is 3.56. The average molecular weight is 352 g/mol. The number of rotatable bonds is 5. The molecule has 8 heteroatoms. The Balaban J connectivity index is 1.83. The lowest BCUT2D eigenvalue weighted by atomic mass is 10.0. The highest BCUT2D eigenvalue weighted by atomic mass is 16.7. The van der Waals surface area contributed by atoms with E-state index < -0.39 is 0 Å². The van der Waals surface area contributed by atoms with Gasteiger partial charge in [0.1, 0.15) is 22.8 Å². The van der Waals surface area contributed by atoms with Crippen LogP contribution in [0.1, 0.15) is 0 Å². The molecule has 1 aromatic heterocycles. The van der Waals surface area contributed by atoms with Gasteiger partial charge in [0.2, 0.25) is 12.5 Å². The maximum absolute atomic E-state index is 5.49. The largest absolute Gasteiger partial charge is 0.494 e. The summed E-state index contributed by atoms with van der Waals surface area (Å²) in [5.74, 6) is 2.41. The van der Waals surface area contributed by atoms with Crippen molar-refractivity contribution < 1.29 is 18.9 Å². The summed E-state index contributed by atoms with van der Waals surface area (Å²) in [4.78, 5) is 4.00. The van der Waals surface area contributed by atoms with E-state index in [-0.39, 0.29) is 6.79 Å². The molecule has 0 spiro atoms. The van der Waals surface area contributed by atoms with Crippen molar-refractivity contribution in [3.05, 3.63) is 30.3 Å². The van der Waals surface area contributed by atoms with Gasteiger partial charge in [-0.1, -0.05) is 0 Å². The summed E-state index contributed by atoms with van der Waals surface area (Å²) in [6.07, 6.45) is 0. The lowest BCUT2D eigenvalue weighted by Crippen LogP contribution is -1.93. The molecule has 0 atom stereocenters. The van der Waals surface area contributed by atoms with E-state index >= 15 is 0 Å². The predicted octanol–water partition coefficient (Wildman–Crippen LogP) is 3.22. The number of benzene rings is 2. The Hall–Kier alpha value is -3.55. The average Bonchev–Trinajstić information content (AvgIpc) is 3.35. The van der Waals surface area contributed by atoms with Gasteiger partial charge in [0, 0.05) is 11.1 Å². The normalized spacial score (nSPS) is 12.1. The molecule has 0 radical (unpaired) electrons. The van der Waals surface area contributed by atoms with Gasteiger partial charge < -0.3 is 18.9 Å². The first-order valence-corrected chi connectivity index (χ1v) is 7.79. The molecule has 26 heavy (non-hydrogen) atoms. The molecule has 3 aromatic rings. The van der Waals surface area contributed by atoms with E-state index in [1.165, 1.54) is 0 Å². The highest BCUT2D eigenvalue weighted by molar-refractivity contribution is 5.82. The summed E-state index contributed by atoms with van der Waals surface area (Å²) in [6.45, 7) is 3.74. The van der Waals surface area contributed by atoms with Crippen LogP contribution in [0.5, 0.6) is 23.0 Å². The third-order valence-electron chi connectivity index (χ3n) is 4.10. The molecule has 0 amide bonds. The van der Waals surface area contributed by atoms with E-state index in [9.17, 15) is 0 Å². The lowest BCUT2D eigenvalue weighted by molar-refractivity contribution is 0.171. The van der Waals surface area contributed by atoms with Crippen LogP contribution in [0.15, 0.2) is 35.3 Å². The van der Waals surface area contributed by atoms with Crippen LogP contribution < -0.4 is 18.9 Å². The Morgan fingerprint density at radius 3 is 2.50 bits per heavy atom. The van der Waals surface area contributed by atoms with Crippen molar-refractivity contribution in [3.8, 4) is 45.5 Å². The Labute approximate surface area is 149 Å². The van der Waals surface area contributed by atoms with Crippen molar-refractivity contribution in [3.63, 3.8) is 0 Å². The van der Waals surface area contributed by atoms with Crippen molar-refractivity contribution >= 4 is 12.4 Å². The van der Waals surface area contributed by atoms with Crippen LogP contribution in [0.2, 0.25) is 0 Å². The summed E-state index contributed by atoms with van der Waals surface area (Å²) in [6, 6.07) is 9.24. The minimum absolute atomic E-state index is 0.160.